The monoisotopic (exact) mass is 607 g/mol. The highest BCUT2D eigenvalue weighted by atomic mass is 32.2. The average Bonchev–Trinajstić information content (AvgIpc) is 3.29. The lowest BCUT2D eigenvalue weighted by molar-refractivity contribution is 0.0222. The third-order valence-electron chi connectivity index (χ3n) is 6.03. The quantitative estimate of drug-likeness (QED) is 0.184. The summed E-state index contributed by atoms with van der Waals surface area (Å²) in [5, 5.41) is -0.764. The Morgan fingerprint density at radius 1 is 1.02 bits per heavy atom. The molecule has 0 saturated carbocycles. The molecule has 0 aromatic heterocycles. The molecule has 42 heavy (non-hydrogen) atoms. The van der Waals surface area contributed by atoms with Crippen molar-refractivity contribution in [3.05, 3.63) is 48.0 Å². The molecular formula is C30H45N3O8S. The van der Waals surface area contributed by atoms with Crippen molar-refractivity contribution >= 4 is 36.1 Å². The molecular weight excluding hydrogens is 562 g/mol. The van der Waals surface area contributed by atoms with E-state index in [0.29, 0.717) is 19.5 Å². The van der Waals surface area contributed by atoms with E-state index in [4.69, 9.17) is 18.9 Å². The van der Waals surface area contributed by atoms with Crippen molar-refractivity contribution in [3.63, 3.8) is 0 Å². The summed E-state index contributed by atoms with van der Waals surface area (Å²) in [5.41, 5.74) is 0.525. The SMILES string of the molecule is C=CCOC(=O)N(C(=O)OC)[C@H](C)S[C@H]1C[C@@H](c2ccc(CN(C)C(=O)OC(C)(C)C)cc2)N(C(=O)OC(C)(C)C)C1. The molecule has 1 aliphatic heterocycles. The summed E-state index contributed by atoms with van der Waals surface area (Å²) in [5.74, 6) is 0. The van der Waals surface area contributed by atoms with Crippen LogP contribution in [0.3, 0.4) is 0 Å². The number of nitrogens with zero attached hydrogens (tertiary/aromatic N) is 3. The summed E-state index contributed by atoms with van der Waals surface area (Å²) in [6.45, 7) is 16.8. The van der Waals surface area contributed by atoms with E-state index in [1.54, 1.807) is 18.9 Å². The van der Waals surface area contributed by atoms with Crippen LogP contribution in [0.2, 0.25) is 0 Å². The van der Waals surface area contributed by atoms with Crippen molar-refractivity contribution in [2.75, 3.05) is 27.3 Å². The summed E-state index contributed by atoms with van der Waals surface area (Å²) in [7, 11) is 2.87. The number of methoxy groups -OCH3 is 1. The van der Waals surface area contributed by atoms with Gasteiger partial charge in [0.05, 0.1) is 18.5 Å². The van der Waals surface area contributed by atoms with Crippen LogP contribution in [0.1, 0.15) is 72.1 Å². The Bertz CT molecular complexity index is 1110. The number of likely N-dealkylation sites (tertiary alicyclic amines) is 1. The van der Waals surface area contributed by atoms with Gasteiger partial charge in [-0.15, -0.1) is 11.8 Å². The zero-order chi connectivity index (χ0) is 31.8. The number of rotatable bonds is 8. The van der Waals surface area contributed by atoms with Crippen molar-refractivity contribution in [2.24, 2.45) is 0 Å². The van der Waals surface area contributed by atoms with Crippen molar-refractivity contribution in [3.8, 4) is 0 Å². The second kappa shape index (κ2) is 14.7. The molecule has 1 aliphatic rings. The molecule has 234 valence electrons. The molecule has 0 unspecified atom stereocenters. The van der Waals surface area contributed by atoms with Gasteiger partial charge in [-0.2, -0.15) is 4.90 Å². The second-order valence-electron chi connectivity index (χ2n) is 12.0. The van der Waals surface area contributed by atoms with Crippen molar-refractivity contribution < 1.29 is 38.1 Å². The van der Waals surface area contributed by atoms with Gasteiger partial charge >= 0.3 is 24.4 Å². The van der Waals surface area contributed by atoms with Gasteiger partial charge in [0.15, 0.2) is 0 Å². The number of thioether (sulfide) groups is 1. The van der Waals surface area contributed by atoms with Crippen LogP contribution >= 0.6 is 11.8 Å². The summed E-state index contributed by atoms with van der Waals surface area (Å²) in [4.78, 5) is 54.7. The van der Waals surface area contributed by atoms with Gasteiger partial charge in [-0.3, -0.25) is 0 Å². The zero-order valence-corrected chi connectivity index (χ0v) is 27.0. The van der Waals surface area contributed by atoms with E-state index in [2.05, 4.69) is 6.58 Å². The predicted octanol–water partition coefficient (Wildman–Crippen LogP) is 6.57. The van der Waals surface area contributed by atoms with E-state index in [1.165, 1.54) is 29.8 Å². The number of carbonyl (C=O) groups is 4. The number of amides is 4. The molecule has 12 heteroatoms. The highest BCUT2D eigenvalue weighted by Gasteiger charge is 2.41. The molecule has 3 atom stereocenters. The third-order valence-corrected chi connectivity index (χ3v) is 7.36. The van der Waals surface area contributed by atoms with E-state index >= 15 is 0 Å². The highest BCUT2D eigenvalue weighted by molar-refractivity contribution is 8.00. The lowest BCUT2D eigenvalue weighted by Crippen LogP contribution is -2.43. The van der Waals surface area contributed by atoms with Crippen LogP contribution in [0.15, 0.2) is 36.9 Å². The van der Waals surface area contributed by atoms with Gasteiger partial charge in [-0.05, 0) is 66.0 Å². The molecule has 0 N–H and O–H groups in total. The number of imide groups is 1. The maximum atomic E-state index is 13.3. The topological polar surface area (TPSA) is 115 Å². The van der Waals surface area contributed by atoms with Gasteiger partial charge in [-0.1, -0.05) is 36.9 Å². The molecule has 1 heterocycles. The van der Waals surface area contributed by atoms with Crippen LogP contribution < -0.4 is 0 Å². The molecule has 0 spiro atoms. The van der Waals surface area contributed by atoms with Crippen LogP contribution in [-0.4, -0.2) is 88.2 Å². The minimum Gasteiger partial charge on any atom is -0.452 e. The molecule has 0 aliphatic carbocycles. The van der Waals surface area contributed by atoms with Crippen molar-refractivity contribution in [1.29, 1.82) is 0 Å². The molecule has 1 aromatic rings. The normalized spacial score (nSPS) is 17.6. The van der Waals surface area contributed by atoms with Gasteiger partial charge in [-0.25, -0.2) is 19.2 Å². The summed E-state index contributed by atoms with van der Waals surface area (Å²) in [6, 6.07) is 7.40. The van der Waals surface area contributed by atoms with Gasteiger partial charge < -0.3 is 28.7 Å². The maximum absolute atomic E-state index is 13.3. The first-order valence-corrected chi connectivity index (χ1v) is 14.7. The number of ether oxygens (including phenoxy) is 4. The molecule has 2 rings (SSSR count). The fourth-order valence-corrected chi connectivity index (χ4v) is 5.66. The van der Waals surface area contributed by atoms with Crippen LogP contribution in [0, 0.1) is 0 Å². The molecule has 1 aromatic carbocycles. The molecule has 1 fully saturated rings. The summed E-state index contributed by atoms with van der Waals surface area (Å²) >= 11 is 1.37. The largest absolute Gasteiger partial charge is 0.452 e. The predicted molar refractivity (Wildman–Crippen MR) is 161 cm³/mol. The minimum absolute atomic E-state index is 0.0504. The Kier molecular flexibility index (Phi) is 12.1. The Balaban J connectivity index is 2.24. The molecule has 0 radical (unpaired) electrons. The Morgan fingerprint density at radius 2 is 1.62 bits per heavy atom. The Hall–Kier alpha value is -3.41. The molecule has 0 bridgehead atoms. The fraction of sp³-hybridized carbons (Fsp3) is 0.600. The van der Waals surface area contributed by atoms with Gasteiger partial charge in [0.1, 0.15) is 17.8 Å². The van der Waals surface area contributed by atoms with E-state index < -0.39 is 40.9 Å². The first-order valence-electron chi connectivity index (χ1n) is 13.8. The summed E-state index contributed by atoms with van der Waals surface area (Å²) < 4.78 is 21.0. The van der Waals surface area contributed by atoms with E-state index in [-0.39, 0.29) is 17.9 Å². The van der Waals surface area contributed by atoms with Crippen molar-refractivity contribution in [1.82, 2.24) is 14.7 Å². The Labute approximate surface area is 253 Å². The van der Waals surface area contributed by atoms with Gasteiger partial charge in [0.25, 0.3) is 0 Å². The molecule has 1 saturated heterocycles. The van der Waals surface area contributed by atoms with Crippen LogP contribution in [0.4, 0.5) is 19.2 Å². The van der Waals surface area contributed by atoms with Crippen LogP contribution in [0.25, 0.3) is 0 Å². The number of hydrogen-bond donors (Lipinski definition) is 0. The number of hydrogen-bond acceptors (Lipinski definition) is 9. The maximum Gasteiger partial charge on any atom is 0.420 e. The zero-order valence-electron chi connectivity index (χ0n) is 26.2. The van der Waals surface area contributed by atoms with Gasteiger partial charge in [0, 0.05) is 25.4 Å². The van der Waals surface area contributed by atoms with Crippen LogP contribution in [-0.2, 0) is 25.5 Å². The first kappa shape index (κ1) is 34.8. The molecule has 11 nitrogen and oxygen atoms in total. The number of carbonyl (C=O) groups excluding carboxylic acids is 4. The lowest BCUT2D eigenvalue weighted by Gasteiger charge is -2.29. The van der Waals surface area contributed by atoms with E-state index in [9.17, 15) is 19.2 Å². The van der Waals surface area contributed by atoms with E-state index in [1.807, 2.05) is 65.8 Å². The minimum atomic E-state index is -0.841. The smallest absolute Gasteiger partial charge is 0.420 e. The van der Waals surface area contributed by atoms with Crippen LogP contribution in [0.5, 0.6) is 0 Å². The Morgan fingerprint density at radius 3 is 2.14 bits per heavy atom. The average molecular weight is 608 g/mol. The van der Waals surface area contributed by atoms with E-state index in [0.717, 1.165) is 16.0 Å². The standard InChI is InChI=1S/C30H45N3O8S/c1-11-16-39-28(37)33(27(36)38-10)20(2)42-23-17-24(32(19-23)26(35)41-30(6,7)8)22-14-12-21(13-15-22)18-31(9)25(34)40-29(3,4)5/h11-15,20,23-24H,1,16-19H2,2-10H3/t20-,23-,24-/m0/s1. The first-order chi connectivity index (χ1) is 19.5. The summed E-state index contributed by atoms with van der Waals surface area (Å²) in [6.07, 6.45) is -0.579. The lowest BCUT2D eigenvalue weighted by atomic mass is 10.0. The highest BCUT2D eigenvalue weighted by Crippen LogP contribution is 2.40. The second-order valence-corrected chi connectivity index (χ2v) is 13.6. The number of benzene rings is 1. The fourth-order valence-electron chi connectivity index (χ4n) is 4.27. The third kappa shape index (κ3) is 10.5. The van der Waals surface area contributed by atoms with Crippen molar-refractivity contribution in [2.45, 2.75) is 89.3 Å². The molecule has 4 amide bonds. The van der Waals surface area contributed by atoms with Gasteiger partial charge in [0.2, 0.25) is 0 Å².